The lowest BCUT2D eigenvalue weighted by atomic mass is 10.3. The molecular formula is C9H14N2O2S2. The monoisotopic (exact) mass is 246 g/mol. The van der Waals surface area contributed by atoms with Crippen molar-refractivity contribution in [2.24, 2.45) is 5.73 Å². The maximum absolute atomic E-state index is 12.1. The van der Waals surface area contributed by atoms with Crippen LogP contribution in [0.4, 0.5) is 0 Å². The summed E-state index contributed by atoms with van der Waals surface area (Å²) in [5.41, 5.74) is 6.53. The van der Waals surface area contributed by atoms with Gasteiger partial charge < -0.3 is 5.73 Å². The van der Waals surface area contributed by atoms with Crippen molar-refractivity contribution in [3.05, 3.63) is 17.0 Å². The summed E-state index contributed by atoms with van der Waals surface area (Å²) in [6.45, 7) is 2.81. The molecule has 84 valence electrons. The normalized spacial score (nSPS) is 23.5. The minimum absolute atomic E-state index is 0.0138. The molecule has 2 N–H and O–H groups in total. The van der Waals surface area contributed by atoms with Crippen molar-refractivity contribution >= 4 is 21.4 Å². The first-order valence-electron chi connectivity index (χ1n) is 4.81. The number of rotatable bonds is 2. The molecule has 1 aliphatic rings. The van der Waals surface area contributed by atoms with E-state index in [1.807, 2.05) is 13.0 Å². The summed E-state index contributed by atoms with van der Waals surface area (Å²) in [7, 11) is -3.29. The molecule has 2 heterocycles. The first kappa shape index (κ1) is 11.1. The number of nitrogens with zero attached hydrogens (tertiary/aromatic N) is 1. The predicted molar refractivity (Wildman–Crippen MR) is 60.4 cm³/mol. The minimum atomic E-state index is -3.29. The summed E-state index contributed by atoms with van der Waals surface area (Å²) in [5, 5.41) is 1.80. The zero-order valence-electron chi connectivity index (χ0n) is 8.51. The highest BCUT2D eigenvalue weighted by atomic mass is 32.2. The second-order valence-corrected chi connectivity index (χ2v) is 6.85. The first-order valence-corrected chi connectivity index (χ1v) is 7.13. The van der Waals surface area contributed by atoms with Gasteiger partial charge in [0.15, 0.2) is 0 Å². The number of thiophene rings is 1. The molecule has 6 heteroatoms. The Balaban J connectivity index is 2.32. The van der Waals surface area contributed by atoms with E-state index in [0.717, 1.165) is 12.0 Å². The third-order valence-electron chi connectivity index (χ3n) is 2.58. The molecule has 0 saturated carbocycles. The van der Waals surface area contributed by atoms with Crippen molar-refractivity contribution in [3.8, 4) is 0 Å². The fourth-order valence-corrected chi connectivity index (χ4v) is 4.77. The van der Waals surface area contributed by atoms with Crippen LogP contribution in [0.2, 0.25) is 0 Å². The van der Waals surface area contributed by atoms with E-state index in [9.17, 15) is 8.42 Å². The van der Waals surface area contributed by atoms with Gasteiger partial charge in [-0.3, -0.25) is 0 Å². The second kappa shape index (κ2) is 3.86. The van der Waals surface area contributed by atoms with E-state index in [1.165, 1.54) is 15.6 Å². The second-order valence-electron chi connectivity index (χ2n) is 3.80. The van der Waals surface area contributed by atoms with Crippen LogP contribution in [0.1, 0.15) is 12.0 Å². The quantitative estimate of drug-likeness (QED) is 0.838. The van der Waals surface area contributed by atoms with Crippen LogP contribution in [-0.4, -0.2) is 31.9 Å². The topological polar surface area (TPSA) is 63.4 Å². The van der Waals surface area contributed by atoms with Crippen molar-refractivity contribution < 1.29 is 8.42 Å². The standard InChI is InChI=1S/C9H14N2O2S2/c1-7-3-5-14-9(7)15(12,13)11-4-2-8(10)6-11/h3,5,8H,2,4,6,10H2,1H3/t8-/m0/s1. The van der Waals surface area contributed by atoms with E-state index in [0.29, 0.717) is 17.3 Å². The van der Waals surface area contributed by atoms with E-state index in [4.69, 9.17) is 5.73 Å². The van der Waals surface area contributed by atoms with Crippen molar-refractivity contribution in [2.45, 2.75) is 23.6 Å². The van der Waals surface area contributed by atoms with Gasteiger partial charge in [-0.1, -0.05) is 0 Å². The van der Waals surface area contributed by atoms with Gasteiger partial charge in [0.25, 0.3) is 10.0 Å². The van der Waals surface area contributed by atoms with Crippen LogP contribution in [0.25, 0.3) is 0 Å². The third kappa shape index (κ3) is 1.94. The van der Waals surface area contributed by atoms with E-state index in [2.05, 4.69) is 0 Å². The van der Waals surface area contributed by atoms with Crippen LogP contribution < -0.4 is 5.73 Å². The Morgan fingerprint density at radius 1 is 1.60 bits per heavy atom. The van der Waals surface area contributed by atoms with Crippen LogP contribution in [0.3, 0.4) is 0 Å². The van der Waals surface area contributed by atoms with Gasteiger partial charge in [0, 0.05) is 19.1 Å². The van der Waals surface area contributed by atoms with E-state index < -0.39 is 10.0 Å². The largest absolute Gasteiger partial charge is 0.326 e. The fraction of sp³-hybridized carbons (Fsp3) is 0.556. The van der Waals surface area contributed by atoms with Crippen LogP contribution in [0, 0.1) is 6.92 Å². The average Bonchev–Trinajstić information content (AvgIpc) is 2.74. The Morgan fingerprint density at radius 2 is 2.33 bits per heavy atom. The predicted octanol–water partition coefficient (Wildman–Crippen LogP) is 0.778. The van der Waals surface area contributed by atoms with Crippen molar-refractivity contribution in [1.29, 1.82) is 0 Å². The molecule has 0 amide bonds. The van der Waals surface area contributed by atoms with Crippen molar-refractivity contribution in [3.63, 3.8) is 0 Å². The van der Waals surface area contributed by atoms with Gasteiger partial charge in [-0.25, -0.2) is 8.42 Å². The maximum atomic E-state index is 12.1. The molecule has 0 spiro atoms. The number of sulfonamides is 1. The Bertz CT molecular complexity index is 452. The molecule has 1 aliphatic heterocycles. The Hall–Kier alpha value is -0.430. The molecule has 4 nitrogen and oxygen atoms in total. The number of hydrogen-bond donors (Lipinski definition) is 1. The molecule has 0 radical (unpaired) electrons. The molecule has 1 aromatic rings. The number of aryl methyl sites for hydroxylation is 1. The Morgan fingerprint density at radius 3 is 2.80 bits per heavy atom. The van der Waals surface area contributed by atoms with Crippen LogP contribution in [0.15, 0.2) is 15.7 Å². The lowest BCUT2D eigenvalue weighted by Crippen LogP contribution is -2.31. The highest BCUT2D eigenvalue weighted by molar-refractivity contribution is 7.91. The summed E-state index contributed by atoms with van der Waals surface area (Å²) in [5.74, 6) is 0. The summed E-state index contributed by atoms with van der Waals surface area (Å²) in [6.07, 6.45) is 0.754. The van der Waals surface area contributed by atoms with Gasteiger partial charge in [-0.15, -0.1) is 11.3 Å². The average molecular weight is 246 g/mol. The summed E-state index contributed by atoms with van der Waals surface area (Å²) in [6, 6.07) is 1.81. The van der Waals surface area contributed by atoms with Gasteiger partial charge in [-0.05, 0) is 30.4 Å². The highest BCUT2D eigenvalue weighted by Gasteiger charge is 2.32. The van der Waals surface area contributed by atoms with E-state index in [1.54, 1.807) is 5.38 Å². The van der Waals surface area contributed by atoms with Crippen LogP contribution in [-0.2, 0) is 10.0 Å². The lowest BCUT2D eigenvalue weighted by molar-refractivity contribution is 0.474. The molecule has 2 rings (SSSR count). The third-order valence-corrected chi connectivity index (χ3v) is 6.11. The lowest BCUT2D eigenvalue weighted by Gasteiger charge is -2.15. The van der Waals surface area contributed by atoms with Gasteiger partial charge in [0.05, 0.1) is 0 Å². The zero-order chi connectivity index (χ0) is 11.1. The summed E-state index contributed by atoms with van der Waals surface area (Å²) in [4.78, 5) is 0. The molecule has 1 atom stereocenters. The van der Waals surface area contributed by atoms with Crippen LogP contribution in [0.5, 0.6) is 0 Å². The van der Waals surface area contributed by atoms with E-state index >= 15 is 0 Å². The molecular weight excluding hydrogens is 232 g/mol. The van der Waals surface area contributed by atoms with Gasteiger partial charge >= 0.3 is 0 Å². The zero-order valence-corrected chi connectivity index (χ0v) is 10.1. The summed E-state index contributed by atoms with van der Waals surface area (Å²) < 4.78 is 26.2. The molecule has 1 aromatic heterocycles. The fourth-order valence-electron chi connectivity index (χ4n) is 1.71. The number of nitrogens with two attached hydrogens (primary N) is 1. The van der Waals surface area contributed by atoms with Crippen molar-refractivity contribution in [1.82, 2.24) is 4.31 Å². The SMILES string of the molecule is Cc1ccsc1S(=O)(=O)N1CC[C@H](N)C1. The Kier molecular flexibility index (Phi) is 2.85. The van der Waals surface area contributed by atoms with E-state index in [-0.39, 0.29) is 6.04 Å². The smallest absolute Gasteiger partial charge is 0.252 e. The van der Waals surface area contributed by atoms with Gasteiger partial charge in [-0.2, -0.15) is 4.31 Å². The first-order chi connectivity index (χ1) is 7.01. The highest BCUT2D eigenvalue weighted by Crippen LogP contribution is 2.27. The van der Waals surface area contributed by atoms with Crippen molar-refractivity contribution in [2.75, 3.05) is 13.1 Å². The molecule has 0 unspecified atom stereocenters. The molecule has 1 fully saturated rings. The van der Waals surface area contributed by atoms with Crippen LogP contribution >= 0.6 is 11.3 Å². The molecule has 0 aliphatic carbocycles. The van der Waals surface area contributed by atoms with Gasteiger partial charge in [0.1, 0.15) is 4.21 Å². The van der Waals surface area contributed by atoms with Gasteiger partial charge in [0.2, 0.25) is 0 Å². The molecule has 1 saturated heterocycles. The maximum Gasteiger partial charge on any atom is 0.252 e. The molecule has 0 bridgehead atoms. The minimum Gasteiger partial charge on any atom is -0.326 e. The Labute approximate surface area is 93.8 Å². The molecule has 0 aromatic carbocycles. The molecule has 15 heavy (non-hydrogen) atoms. The summed E-state index contributed by atoms with van der Waals surface area (Å²) >= 11 is 1.27. The number of hydrogen-bond acceptors (Lipinski definition) is 4.